The Hall–Kier alpha value is -4.44. The monoisotopic (exact) mass is 517 g/mol. The number of furan rings is 1. The van der Waals surface area contributed by atoms with Crippen LogP contribution in [0.1, 0.15) is 54.4 Å². The van der Waals surface area contributed by atoms with E-state index < -0.39 is 23.8 Å². The normalized spacial score (nSPS) is 11.6. The fourth-order valence-corrected chi connectivity index (χ4v) is 4.81. The largest absolute Gasteiger partial charge is 0.464 e. The Balaban J connectivity index is 1.84. The van der Waals surface area contributed by atoms with Gasteiger partial charge in [0.25, 0.3) is 17.7 Å². The molecule has 4 aromatic rings. The summed E-state index contributed by atoms with van der Waals surface area (Å²) in [4.78, 5) is 40.9. The Morgan fingerprint density at radius 2 is 1.70 bits per heavy atom. The third-order valence-electron chi connectivity index (χ3n) is 5.71. The minimum absolute atomic E-state index is 0.00269. The number of nitrogens with one attached hydrogen (secondary N) is 1. The molecule has 0 radical (unpaired) electrons. The van der Waals surface area contributed by atoms with Crippen molar-refractivity contribution in [2.75, 3.05) is 10.6 Å². The van der Waals surface area contributed by atoms with Gasteiger partial charge in [-0.05, 0) is 73.3 Å². The number of nitrogens with zero attached hydrogens (tertiary/aromatic N) is 2. The van der Waals surface area contributed by atoms with Crippen molar-refractivity contribution < 1.29 is 18.8 Å². The molecule has 2 heterocycles. The fourth-order valence-electron chi connectivity index (χ4n) is 4.07. The van der Waals surface area contributed by atoms with Crippen LogP contribution >= 0.6 is 11.5 Å². The van der Waals surface area contributed by atoms with Crippen LogP contribution in [0.25, 0.3) is 0 Å². The van der Waals surface area contributed by atoms with Crippen LogP contribution in [-0.2, 0) is 11.3 Å². The van der Waals surface area contributed by atoms with Gasteiger partial charge in [-0.2, -0.15) is 4.37 Å². The number of hydrogen-bond acceptors (Lipinski definition) is 7. The number of nitrogen functional groups attached to an aromatic ring is 1. The molecule has 0 aliphatic carbocycles. The lowest BCUT2D eigenvalue weighted by atomic mass is 10.1. The first-order valence-corrected chi connectivity index (χ1v) is 12.3. The molecule has 190 valence electrons. The minimum atomic E-state index is -1.18. The van der Waals surface area contributed by atoms with Gasteiger partial charge in [0.1, 0.15) is 16.4 Å². The third kappa shape index (κ3) is 5.54. The minimum Gasteiger partial charge on any atom is -0.464 e. The third-order valence-corrected chi connectivity index (χ3v) is 6.56. The molecule has 0 spiro atoms. The van der Waals surface area contributed by atoms with Gasteiger partial charge >= 0.3 is 0 Å². The molecule has 0 aliphatic heterocycles. The van der Waals surface area contributed by atoms with Gasteiger partial charge in [0, 0.05) is 12.2 Å². The zero-order chi connectivity index (χ0) is 26.7. The first-order valence-electron chi connectivity index (χ1n) is 11.5. The Morgan fingerprint density at radius 3 is 2.27 bits per heavy atom. The maximum Gasteiger partial charge on any atom is 0.273 e. The van der Waals surface area contributed by atoms with Crippen molar-refractivity contribution in [3.05, 3.63) is 99.4 Å². The van der Waals surface area contributed by atoms with Gasteiger partial charge in [-0.15, -0.1) is 0 Å². The number of benzene rings is 2. The highest BCUT2D eigenvalue weighted by Crippen LogP contribution is 2.34. The van der Waals surface area contributed by atoms with E-state index in [1.54, 1.807) is 31.2 Å². The highest BCUT2D eigenvalue weighted by molar-refractivity contribution is 7.09. The van der Waals surface area contributed by atoms with E-state index in [1.807, 2.05) is 50.2 Å². The van der Waals surface area contributed by atoms with Gasteiger partial charge in [-0.25, -0.2) is 0 Å². The smallest absolute Gasteiger partial charge is 0.273 e. The average Bonchev–Trinajstić information content (AvgIpc) is 3.45. The van der Waals surface area contributed by atoms with E-state index in [0.717, 1.165) is 28.2 Å². The fraction of sp³-hybridized carbons (Fsp3) is 0.185. The van der Waals surface area contributed by atoms with Crippen molar-refractivity contribution in [2.45, 2.75) is 33.4 Å². The second kappa shape index (κ2) is 10.7. The quantitative estimate of drug-likeness (QED) is 0.322. The van der Waals surface area contributed by atoms with E-state index in [4.69, 9.17) is 15.9 Å². The summed E-state index contributed by atoms with van der Waals surface area (Å²) in [7, 11) is 0. The van der Waals surface area contributed by atoms with Crippen LogP contribution < -0.4 is 21.7 Å². The summed E-state index contributed by atoms with van der Waals surface area (Å²) in [5, 5.41) is 2.92. The molecule has 9 nitrogen and oxygen atoms in total. The number of hydrogen-bond donors (Lipinski definition) is 3. The molecule has 0 saturated heterocycles. The standard InChI is InChI=1S/C27H27N5O4S/c1-15-11-16(2)13-19(12-15)32(27(35)24-21(28)22(25(29)33)31-37-24)23(20-10-9-17(3)36-20)26(34)30-14-18-7-5-4-6-8-18/h4-13,23H,14,28H2,1-3H3,(H2,29,33)(H,30,34)/t23-/m1/s1. The van der Waals surface area contributed by atoms with Crippen LogP contribution in [0, 0.1) is 20.8 Å². The number of aromatic nitrogens is 1. The molecule has 10 heteroatoms. The molecule has 37 heavy (non-hydrogen) atoms. The predicted molar refractivity (Wildman–Crippen MR) is 142 cm³/mol. The number of nitrogens with two attached hydrogens (primary N) is 2. The summed E-state index contributed by atoms with van der Waals surface area (Å²) in [5.41, 5.74) is 14.3. The van der Waals surface area contributed by atoms with Crippen LogP contribution in [0.15, 0.2) is 65.1 Å². The van der Waals surface area contributed by atoms with E-state index in [-0.39, 0.29) is 28.6 Å². The summed E-state index contributed by atoms with van der Waals surface area (Å²) in [6.45, 7) is 5.80. The molecule has 1 atom stereocenters. The highest BCUT2D eigenvalue weighted by Gasteiger charge is 2.38. The Labute approximate surface area is 218 Å². The van der Waals surface area contributed by atoms with Crippen LogP contribution in [0.5, 0.6) is 0 Å². The number of carbonyl (C=O) groups excluding carboxylic acids is 3. The van der Waals surface area contributed by atoms with Crippen LogP contribution in [-0.4, -0.2) is 22.1 Å². The first kappa shape index (κ1) is 25.6. The second-order valence-electron chi connectivity index (χ2n) is 8.71. The number of aryl methyl sites for hydroxylation is 3. The summed E-state index contributed by atoms with van der Waals surface area (Å²) >= 11 is 0.754. The first-order chi connectivity index (χ1) is 17.7. The Morgan fingerprint density at radius 1 is 1.03 bits per heavy atom. The SMILES string of the molecule is Cc1cc(C)cc(N(C(=O)c2snc(C(N)=O)c2N)[C@@H](C(=O)NCc2ccccc2)c2ccc(C)o2)c1. The molecule has 0 bridgehead atoms. The molecular weight excluding hydrogens is 490 g/mol. The summed E-state index contributed by atoms with van der Waals surface area (Å²) in [6, 6.07) is 17.2. The lowest BCUT2D eigenvalue weighted by molar-refractivity contribution is -0.123. The maximum atomic E-state index is 14.1. The van der Waals surface area contributed by atoms with Gasteiger partial charge in [-0.3, -0.25) is 19.3 Å². The van der Waals surface area contributed by atoms with Crippen molar-refractivity contribution in [1.29, 1.82) is 0 Å². The molecule has 0 saturated carbocycles. The number of primary amides is 1. The molecule has 2 aromatic carbocycles. The zero-order valence-electron chi connectivity index (χ0n) is 20.6. The van der Waals surface area contributed by atoms with Crippen LogP contribution in [0.3, 0.4) is 0 Å². The van der Waals surface area contributed by atoms with E-state index in [1.165, 1.54) is 4.90 Å². The number of rotatable bonds is 8. The Bertz CT molecular complexity index is 1440. The van der Waals surface area contributed by atoms with Crippen LogP contribution in [0.4, 0.5) is 11.4 Å². The van der Waals surface area contributed by atoms with Crippen molar-refractivity contribution in [1.82, 2.24) is 9.69 Å². The zero-order valence-corrected chi connectivity index (χ0v) is 21.5. The molecule has 0 fully saturated rings. The highest BCUT2D eigenvalue weighted by atomic mass is 32.1. The predicted octanol–water partition coefficient (Wildman–Crippen LogP) is 4.05. The number of anilines is 2. The van der Waals surface area contributed by atoms with Crippen molar-refractivity contribution in [3.63, 3.8) is 0 Å². The number of amides is 3. The summed E-state index contributed by atoms with van der Waals surface area (Å²) in [5.74, 6) is -1.05. The average molecular weight is 518 g/mol. The van der Waals surface area contributed by atoms with Gasteiger partial charge in [0.2, 0.25) is 0 Å². The molecule has 0 unspecified atom stereocenters. The lowest BCUT2D eigenvalue weighted by Gasteiger charge is -2.30. The summed E-state index contributed by atoms with van der Waals surface area (Å²) < 4.78 is 9.84. The van der Waals surface area contributed by atoms with Gasteiger partial charge < -0.3 is 21.2 Å². The molecule has 4 rings (SSSR count). The van der Waals surface area contributed by atoms with Crippen molar-refractivity contribution in [3.8, 4) is 0 Å². The molecule has 3 amide bonds. The Kier molecular flexibility index (Phi) is 7.40. The lowest BCUT2D eigenvalue weighted by Crippen LogP contribution is -2.44. The molecule has 0 aliphatic rings. The van der Waals surface area contributed by atoms with E-state index in [9.17, 15) is 14.4 Å². The second-order valence-corrected chi connectivity index (χ2v) is 9.49. The van der Waals surface area contributed by atoms with Gasteiger partial charge in [0.05, 0.1) is 5.69 Å². The van der Waals surface area contributed by atoms with E-state index in [0.29, 0.717) is 11.4 Å². The van der Waals surface area contributed by atoms with Crippen LogP contribution in [0.2, 0.25) is 0 Å². The maximum absolute atomic E-state index is 14.1. The van der Waals surface area contributed by atoms with E-state index >= 15 is 0 Å². The van der Waals surface area contributed by atoms with Gasteiger partial charge in [0.15, 0.2) is 11.7 Å². The molecular formula is C27H27N5O4S. The van der Waals surface area contributed by atoms with Gasteiger partial charge in [-0.1, -0.05) is 36.4 Å². The van der Waals surface area contributed by atoms with Crippen molar-refractivity contribution in [2.24, 2.45) is 5.73 Å². The van der Waals surface area contributed by atoms with Crippen molar-refractivity contribution >= 4 is 40.6 Å². The summed E-state index contributed by atoms with van der Waals surface area (Å²) in [6.07, 6.45) is 0. The topological polar surface area (TPSA) is 145 Å². The molecule has 2 aromatic heterocycles. The van der Waals surface area contributed by atoms with E-state index in [2.05, 4.69) is 9.69 Å². The number of carbonyl (C=O) groups is 3. The molecule has 5 N–H and O–H groups in total.